The van der Waals surface area contributed by atoms with Crippen molar-refractivity contribution < 1.29 is 4.79 Å². The van der Waals surface area contributed by atoms with Crippen LogP contribution in [0.15, 0.2) is 36.1 Å². The SMILES string of the molecule is C=C/C=C(C)\C=C(/N)C(=O)NC. The van der Waals surface area contributed by atoms with Gasteiger partial charge in [0.05, 0.1) is 5.70 Å². The second-order valence-electron chi connectivity index (χ2n) is 2.33. The second-order valence-corrected chi connectivity index (χ2v) is 2.33. The van der Waals surface area contributed by atoms with Crippen molar-refractivity contribution >= 4 is 5.91 Å². The van der Waals surface area contributed by atoms with Gasteiger partial charge in [-0.1, -0.05) is 18.7 Å². The maximum atomic E-state index is 10.9. The van der Waals surface area contributed by atoms with E-state index in [1.165, 1.54) is 7.05 Å². The normalized spacial score (nSPS) is 12.5. The number of hydrogen-bond donors (Lipinski definition) is 2. The predicted octanol–water partition coefficient (Wildman–Crippen LogP) is 0.707. The molecule has 0 aliphatic carbocycles. The molecule has 3 N–H and O–H groups in total. The molecular formula is C9H14N2O. The van der Waals surface area contributed by atoms with Gasteiger partial charge in [-0.2, -0.15) is 0 Å². The van der Waals surface area contributed by atoms with E-state index < -0.39 is 0 Å². The Morgan fingerprint density at radius 3 is 2.58 bits per heavy atom. The molecule has 0 spiro atoms. The molecule has 0 radical (unpaired) electrons. The molecule has 0 atom stereocenters. The van der Waals surface area contributed by atoms with Crippen LogP contribution < -0.4 is 11.1 Å². The number of nitrogens with two attached hydrogens (primary N) is 1. The highest BCUT2D eigenvalue weighted by Gasteiger charge is 1.99. The van der Waals surface area contributed by atoms with E-state index in [1.54, 1.807) is 18.2 Å². The zero-order valence-electron chi connectivity index (χ0n) is 7.42. The van der Waals surface area contributed by atoms with Crippen LogP contribution in [0.2, 0.25) is 0 Å². The summed E-state index contributed by atoms with van der Waals surface area (Å²) < 4.78 is 0. The van der Waals surface area contributed by atoms with Crippen LogP contribution in [0.25, 0.3) is 0 Å². The molecule has 3 nitrogen and oxygen atoms in total. The van der Waals surface area contributed by atoms with E-state index in [9.17, 15) is 4.79 Å². The van der Waals surface area contributed by atoms with Crippen LogP contribution in [0.4, 0.5) is 0 Å². The average molecular weight is 166 g/mol. The molecule has 0 saturated carbocycles. The van der Waals surface area contributed by atoms with Crippen LogP contribution in [-0.4, -0.2) is 13.0 Å². The second kappa shape index (κ2) is 5.18. The van der Waals surface area contributed by atoms with Crippen molar-refractivity contribution in [2.75, 3.05) is 7.05 Å². The van der Waals surface area contributed by atoms with Gasteiger partial charge in [0.25, 0.3) is 5.91 Å². The number of likely N-dealkylation sites (N-methyl/N-ethyl adjacent to an activating group) is 1. The van der Waals surface area contributed by atoms with Crippen molar-refractivity contribution in [3.05, 3.63) is 36.1 Å². The summed E-state index contributed by atoms with van der Waals surface area (Å²) in [5.41, 5.74) is 6.53. The van der Waals surface area contributed by atoms with Gasteiger partial charge < -0.3 is 11.1 Å². The van der Waals surface area contributed by atoms with Gasteiger partial charge in [-0.05, 0) is 18.6 Å². The highest BCUT2D eigenvalue weighted by molar-refractivity contribution is 5.92. The number of amides is 1. The summed E-state index contributed by atoms with van der Waals surface area (Å²) in [5.74, 6) is -0.271. The summed E-state index contributed by atoms with van der Waals surface area (Å²) in [4.78, 5) is 10.9. The largest absolute Gasteiger partial charge is 0.394 e. The Morgan fingerprint density at radius 2 is 2.17 bits per heavy atom. The van der Waals surface area contributed by atoms with Gasteiger partial charge in [-0.3, -0.25) is 4.79 Å². The van der Waals surface area contributed by atoms with Gasteiger partial charge >= 0.3 is 0 Å². The van der Waals surface area contributed by atoms with Crippen molar-refractivity contribution in [1.29, 1.82) is 0 Å². The number of rotatable bonds is 3. The molecule has 66 valence electrons. The molecule has 1 amide bonds. The first kappa shape index (κ1) is 10.5. The van der Waals surface area contributed by atoms with Crippen molar-refractivity contribution in [3.63, 3.8) is 0 Å². The van der Waals surface area contributed by atoms with E-state index in [2.05, 4.69) is 11.9 Å². The third-order valence-electron chi connectivity index (χ3n) is 1.25. The quantitative estimate of drug-likeness (QED) is 0.479. The number of hydrogen-bond acceptors (Lipinski definition) is 2. The van der Waals surface area contributed by atoms with Crippen LogP contribution in [0.5, 0.6) is 0 Å². The van der Waals surface area contributed by atoms with E-state index >= 15 is 0 Å². The molecule has 0 aromatic heterocycles. The van der Waals surface area contributed by atoms with Gasteiger partial charge in [0, 0.05) is 7.05 Å². The molecule has 3 heteroatoms. The fraction of sp³-hybridized carbons (Fsp3) is 0.222. The molecule has 0 rings (SSSR count). The predicted molar refractivity (Wildman–Crippen MR) is 50.3 cm³/mol. The van der Waals surface area contributed by atoms with Crippen molar-refractivity contribution in [2.45, 2.75) is 6.92 Å². The van der Waals surface area contributed by atoms with Gasteiger partial charge in [0.2, 0.25) is 0 Å². The van der Waals surface area contributed by atoms with E-state index in [0.29, 0.717) is 0 Å². The minimum absolute atomic E-state index is 0.202. The summed E-state index contributed by atoms with van der Waals surface area (Å²) in [6.45, 7) is 5.37. The number of carbonyl (C=O) groups is 1. The smallest absolute Gasteiger partial charge is 0.266 e. The third kappa shape index (κ3) is 3.61. The van der Waals surface area contributed by atoms with Gasteiger partial charge in [0.1, 0.15) is 0 Å². The summed E-state index contributed by atoms with van der Waals surface area (Å²) in [6, 6.07) is 0. The maximum absolute atomic E-state index is 10.9. The monoisotopic (exact) mass is 166 g/mol. The minimum Gasteiger partial charge on any atom is -0.394 e. The van der Waals surface area contributed by atoms with E-state index in [4.69, 9.17) is 5.73 Å². The van der Waals surface area contributed by atoms with Crippen LogP contribution in [0.3, 0.4) is 0 Å². The van der Waals surface area contributed by atoms with Gasteiger partial charge in [-0.15, -0.1) is 0 Å². The lowest BCUT2D eigenvalue weighted by atomic mass is 10.2. The van der Waals surface area contributed by atoms with E-state index in [-0.39, 0.29) is 11.6 Å². The van der Waals surface area contributed by atoms with Crippen molar-refractivity contribution in [1.82, 2.24) is 5.32 Å². The molecule has 0 saturated heterocycles. The zero-order valence-corrected chi connectivity index (χ0v) is 7.42. The molecule has 0 aromatic rings. The summed E-state index contributed by atoms with van der Waals surface area (Å²) in [7, 11) is 1.54. The molecule has 0 aliphatic rings. The fourth-order valence-corrected chi connectivity index (χ4v) is 0.689. The molecule has 12 heavy (non-hydrogen) atoms. The zero-order chi connectivity index (χ0) is 9.56. The van der Waals surface area contributed by atoms with Crippen LogP contribution in [-0.2, 0) is 4.79 Å². The lowest BCUT2D eigenvalue weighted by Gasteiger charge is -1.98. The molecule has 0 unspecified atom stereocenters. The van der Waals surface area contributed by atoms with Crippen LogP contribution >= 0.6 is 0 Å². The Labute approximate surface area is 72.6 Å². The molecule has 0 heterocycles. The Balaban J connectivity index is 4.45. The molecule has 0 bridgehead atoms. The summed E-state index contributed by atoms with van der Waals surface area (Å²) in [6.07, 6.45) is 5.01. The fourth-order valence-electron chi connectivity index (χ4n) is 0.689. The molecule has 0 fully saturated rings. The Kier molecular flexibility index (Phi) is 4.53. The van der Waals surface area contributed by atoms with Crippen LogP contribution in [0, 0.1) is 0 Å². The molecule has 0 aromatic carbocycles. The maximum Gasteiger partial charge on any atom is 0.266 e. The first-order valence-electron chi connectivity index (χ1n) is 3.60. The lowest BCUT2D eigenvalue weighted by molar-refractivity contribution is -0.117. The van der Waals surface area contributed by atoms with E-state index in [0.717, 1.165) is 5.57 Å². The lowest BCUT2D eigenvalue weighted by Crippen LogP contribution is -2.24. The van der Waals surface area contributed by atoms with Gasteiger partial charge in [-0.25, -0.2) is 0 Å². The average Bonchev–Trinajstić information content (AvgIpc) is 2.03. The number of nitrogens with one attached hydrogen (secondary N) is 1. The van der Waals surface area contributed by atoms with Crippen molar-refractivity contribution in [3.8, 4) is 0 Å². The highest BCUT2D eigenvalue weighted by atomic mass is 16.1. The van der Waals surface area contributed by atoms with E-state index in [1.807, 2.05) is 6.92 Å². The standard InChI is InChI=1S/C9H14N2O/c1-4-5-7(2)6-8(10)9(12)11-3/h4-6H,1,10H2,2-3H3,(H,11,12)/b7-5-,8-6-. The van der Waals surface area contributed by atoms with Crippen LogP contribution in [0.1, 0.15) is 6.92 Å². The first-order chi connectivity index (χ1) is 5.61. The number of carbonyl (C=O) groups excluding carboxylic acids is 1. The minimum atomic E-state index is -0.271. The molecule has 0 aliphatic heterocycles. The van der Waals surface area contributed by atoms with Crippen molar-refractivity contribution in [2.24, 2.45) is 5.73 Å². The molecular weight excluding hydrogens is 152 g/mol. The topological polar surface area (TPSA) is 55.1 Å². The van der Waals surface area contributed by atoms with Gasteiger partial charge in [0.15, 0.2) is 0 Å². The Bertz CT molecular complexity index is 239. The highest BCUT2D eigenvalue weighted by Crippen LogP contribution is 1.97. The summed E-state index contributed by atoms with van der Waals surface area (Å²) >= 11 is 0. The number of allylic oxidation sites excluding steroid dienone is 4. The Hall–Kier alpha value is -1.51. The Morgan fingerprint density at radius 1 is 1.58 bits per heavy atom. The first-order valence-corrected chi connectivity index (χ1v) is 3.60. The third-order valence-corrected chi connectivity index (χ3v) is 1.25. The summed E-state index contributed by atoms with van der Waals surface area (Å²) in [5, 5.41) is 2.43.